The van der Waals surface area contributed by atoms with Gasteiger partial charge in [-0.2, -0.15) is 0 Å². The van der Waals surface area contributed by atoms with Gasteiger partial charge in [0, 0.05) is 15.6 Å². The first-order chi connectivity index (χ1) is 12.0. The first-order valence-corrected chi connectivity index (χ1v) is 8.95. The van der Waals surface area contributed by atoms with Crippen molar-refractivity contribution in [1.29, 1.82) is 0 Å². The Morgan fingerprint density at radius 3 is 2.08 bits per heavy atom. The summed E-state index contributed by atoms with van der Waals surface area (Å²) in [5.74, 6) is -1.63. The lowest BCUT2D eigenvalue weighted by atomic mass is 9.77. The van der Waals surface area contributed by atoms with Crippen molar-refractivity contribution in [3.63, 3.8) is 0 Å². The number of esters is 1. The third-order valence-electron chi connectivity index (χ3n) is 4.29. The van der Waals surface area contributed by atoms with Crippen LogP contribution in [0.4, 0.5) is 0 Å². The lowest BCUT2D eigenvalue weighted by Crippen LogP contribution is -2.41. The van der Waals surface area contributed by atoms with Crippen LogP contribution in [-0.2, 0) is 16.0 Å². The first-order valence-electron chi connectivity index (χ1n) is 7.62. The minimum atomic E-state index is -1.45. The normalized spacial score (nSPS) is 15.1. The van der Waals surface area contributed by atoms with Crippen molar-refractivity contribution in [2.75, 3.05) is 12.5 Å². The van der Waals surface area contributed by atoms with Gasteiger partial charge in [-0.1, -0.05) is 52.3 Å². The molecule has 0 N–H and O–H groups in total. The molecule has 1 aliphatic rings. The highest BCUT2D eigenvalue weighted by Gasteiger charge is 2.53. The third-order valence-corrected chi connectivity index (χ3v) is 5.04. The molecule has 0 fully saturated rings. The predicted octanol–water partition coefficient (Wildman–Crippen LogP) is 3.84. The number of fused-ring (bicyclic) bond motifs is 1. The first kappa shape index (κ1) is 17.8. The summed E-state index contributed by atoms with van der Waals surface area (Å²) in [6.45, 7) is -0.318. The fourth-order valence-corrected chi connectivity index (χ4v) is 3.37. The quantitative estimate of drug-likeness (QED) is 0.418. The Morgan fingerprint density at radius 1 is 1.00 bits per heavy atom. The number of ether oxygens (including phenoxy) is 1. The maximum atomic E-state index is 13.0. The summed E-state index contributed by atoms with van der Waals surface area (Å²) in [4.78, 5) is 37.6. The lowest BCUT2D eigenvalue weighted by molar-refractivity contribution is -0.142. The fourth-order valence-electron chi connectivity index (χ4n) is 3.03. The van der Waals surface area contributed by atoms with Crippen LogP contribution < -0.4 is 0 Å². The molecule has 0 atom stereocenters. The summed E-state index contributed by atoms with van der Waals surface area (Å²) < 4.78 is 6.02. The van der Waals surface area contributed by atoms with Crippen LogP contribution in [0.25, 0.3) is 0 Å². The van der Waals surface area contributed by atoms with Crippen LogP contribution in [0.1, 0.15) is 26.3 Å². The molecule has 128 valence electrons. The Kier molecular flexibility index (Phi) is 5.06. The molecule has 0 amide bonds. The van der Waals surface area contributed by atoms with Gasteiger partial charge >= 0.3 is 5.97 Å². The van der Waals surface area contributed by atoms with Crippen molar-refractivity contribution >= 4 is 45.1 Å². The molecule has 0 saturated heterocycles. The van der Waals surface area contributed by atoms with E-state index in [0.717, 1.165) is 10.0 Å². The fraction of sp³-hybridized carbons (Fsp3) is 0.211. The maximum Gasteiger partial charge on any atom is 0.320 e. The van der Waals surface area contributed by atoms with Crippen LogP contribution in [0.5, 0.6) is 0 Å². The minimum absolute atomic E-state index is 0.155. The predicted molar refractivity (Wildman–Crippen MR) is 97.1 cm³/mol. The Bertz CT molecular complexity index is 810. The van der Waals surface area contributed by atoms with Crippen LogP contribution >= 0.6 is 27.5 Å². The van der Waals surface area contributed by atoms with Crippen LogP contribution in [0, 0.1) is 5.41 Å². The Hall–Kier alpha value is -1.98. The number of carbonyl (C=O) groups is 3. The van der Waals surface area contributed by atoms with E-state index in [-0.39, 0.29) is 30.5 Å². The molecule has 0 radical (unpaired) electrons. The van der Waals surface area contributed by atoms with Gasteiger partial charge in [0.15, 0.2) is 11.6 Å². The topological polar surface area (TPSA) is 60.4 Å². The summed E-state index contributed by atoms with van der Waals surface area (Å²) in [5, 5.41) is 0. The Balaban J connectivity index is 2.01. The number of ketones is 2. The molecule has 0 aromatic heterocycles. The Labute approximate surface area is 158 Å². The number of alkyl halides is 1. The van der Waals surface area contributed by atoms with E-state index < -0.39 is 11.4 Å². The highest BCUT2D eigenvalue weighted by atomic mass is 79.9. The van der Waals surface area contributed by atoms with E-state index in [1.807, 2.05) is 24.3 Å². The summed E-state index contributed by atoms with van der Waals surface area (Å²) in [6.07, 6.45) is 0.155. The molecule has 6 heteroatoms. The zero-order chi connectivity index (χ0) is 18.0. The molecular formula is C19H14BrClO4. The van der Waals surface area contributed by atoms with E-state index >= 15 is 0 Å². The molecule has 2 aromatic carbocycles. The summed E-state index contributed by atoms with van der Waals surface area (Å²) in [5.41, 5.74) is 0.0943. The average molecular weight is 422 g/mol. The van der Waals surface area contributed by atoms with Gasteiger partial charge in [0.1, 0.15) is 17.9 Å². The van der Waals surface area contributed by atoms with Crippen LogP contribution in [0.2, 0.25) is 0 Å². The molecular weight excluding hydrogens is 408 g/mol. The van der Waals surface area contributed by atoms with Crippen LogP contribution in [-0.4, -0.2) is 30.0 Å². The zero-order valence-corrected chi connectivity index (χ0v) is 15.5. The van der Waals surface area contributed by atoms with Gasteiger partial charge in [-0.05, 0) is 24.1 Å². The molecule has 3 rings (SSSR count). The van der Waals surface area contributed by atoms with Gasteiger partial charge in [0.2, 0.25) is 0 Å². The number of benzene rings is 2. The summed E-state index contributed by atoms with van der Waals surface area (Å²) >= 11 is 8.83. The second-order valence-corrected chi connectivity index (χ2v) is 7.07. The average Bonchev–Trinajstić information content (AvgIpc) is 2.84. The number of halogens is 2. The van der Waals surface area contributed by atoms with Crippen LogP contribution in [0.15, 0.2) is 53.0 Å². The number of Topliss-reactive ketones (excluding diaryl/α,β-unsaturated/α-hetero) is 2. The Morgan fingerprint density at radius 2 is 1.56 bits per heavy atom. The van der Waals surface area contributed by atoms with E-state index in [9.17, 15) is 14.4 Å². The van der Waals surface area contributed by atoms with Crippen molar-refractivity contribution < 1.29 is 19.1 Å². The molecule has 4 nitrogen and oxygen atoms in total. The molecule has 1 aliphatic carbocycles. The second kappa shape index (κ2) is 7.10. The molecule has 0 saturated carbocycles. The molecule has 0 unspecified atom stereocenters. The molecule has 25 heavy (non-hydrogen) atoms. The largest absolute Gasteiger partial charge is 0.463 e. The van der Waals surface area contributed by atoms with Crippen molar-refractivity contribution in [2.24, 2.45) is 5.41 Å². The van der Waals surface area contributed by atoms with E-state index in [0.29, 0.717) is 11.1 Å². The molecule has 0 heterocycles. The SMILES string of the molecule is O=C(CCl)OCC1(Cc2ccc(Br)cc2)C(=O)c2ccccc2C1=O. The summed E-state index contributed by atoms with van der Waals surface area (Å²) in [7, 11) is 0. The highest BCUT2D eigenvalue weighted by Crippen LogP contribution is 2.40. The lowest BCUT2D eigenvalue weighted by Gasteiger charge is -2.25. The smallest absolute Gasteiger partial charge is 0.320 e. The highest BCUT2D eigenvalue weighted by molar-refractivity contribution is 9.10. The monoisotopic (exact) mass is 420 g/mol. The number of hydrogen-bond donors (Lipinski definition) is 0. The maximum absolute atomic E-state index is 13.0. The molecule has 0 spiro atoms. The molecule has 0 aliphatic heterocycles. The summed E-state index contributed by atoms with van der Waals surface area (Å²) in [6, 6.07) is 14.0. The third kappa shape index (κ3) is 3.26. The van der Waals surface area contributed by atoms with Crippen molar-refractivity contribution in [2.45, 2.75) is 6.42 Å². The van der Waals surface area contributed by atoms with Gasteiger partial charge in [-0.3, -0.25) is 14.4 Å². The van der Waals surface area contributed by atoms with Crippen molar-refractivity contribution in [3.8, 4) is 0 Å². The zero-order valence-electron chi connectivity index (χ0n) is 13.1. The van der Waals surface area contributed by atoms with E-state index in [4.69, 9.17) is 16.3 Å². The molecule has 0 bridgehead atoms. The number of carbonyl (C=O) groups excluding carboxylic acids is 3. The standard InChI is InChI=1S/C19H14BrClO4/c20-13-7-5-12(6-8-13)9-19(11-25-16(22)10-21)17(23)14-3-1-2-4-15(14)18(19)24/h1-8H,9-11H2. The van der Waals surface area contributed by atoms with Gasteiger partial charge in [0.25, 0.3) is 0 Å². The number of rotatable bonds is 5. The van der Waals surface area contributed by atoms with E-state index in [2.05, 4.69) is 15.9 Å². The van der Waals surface area contributed by atoms with Gasteiger partial charge < -0.3 is 4.74 Å². The molecule has 2 aromatic rings. The van der Waals surface area contributed by atoms with Crippen molar-refractivity contribution in [3.05, 3.63) is 69.7 Å². The van der Waals surface area contributed by atoms with Gasteiger partial charge in [-0.15, -0.1) is 11.6 Å². The van der Waals surface area contributed by atoms with Crippen LogP contribution in [0.3, 0.4) is 0 Å². The number of hydrogen-bond acceptors (Lipinski definition) is 4. The minimum Gasteiger partial charge on any atom is -0.463 e. The van der Waals surface area contributed by atoms with E-state index in [1.54, 1.807) is 24.3 Å². The second-order valence-electron chi connectivity index (χ2n) is 5.88. The van der Waals surface area contributed by atoms with Crippen molar-refractivity contribution in [1.82, 2.24) is 0 Å². The van der Waals surface area contributed by atoms with E-state index in [1.165, 1.54) is 0 Å². The van der Waals surface area contributed by atoms with Gasteiger partial charge in [0.05, 0.1) is 0 Å². The van der Waals surface area contributed by atoms with Gasteiger partial charge in [-0.25, -0.2) is 0 Å².